The van der Waals surface area contributed by atoms with Crippen LogP contribution in [0.4, 0.5) is 11.4 Å². The first-order valence-electron chi connectivity index (χ1n) is 7.13. The first-order valence-corrected chi connectivity index (χ1v) is 7.13. The standard InChI is InChI=1S/C18H14N2O4/c19-14-9-3-5-11-6-4-10-15(16(11)14)20(24)17(21)12-7-1-2-8-13(12)18(22)23/h1-10,24H,19H2,(H,22,23). The van der Waals surface area contributed by atoms with Crippen LogP contribution in [0.5, 0.6) is 0 Å². The predicted molar refractivity (Wildman–Crippen MR) is 90.4 cm³/mol. The summed E-state index contributed by atoms with van der Waals surface area (Å²) in [6, 6.07) is 16.0. The Hall–Kier alpha value is -3.38. The molecule has 4 N–H and O–H groups in total. The number of fused-ring (bicyclic) bond motifs is 1. The highest BCUT2D eigenvalue weighted by Crippen LogP contribution is 2.31. The number of nitrogens with two attached hydrogens (primary N) is 1. The van der Waals surface area contributed by atoms with Crippen LogP contribution in [0, 0.1) is 0 Å². The zero-order valence-electron chi connectivity index (χ0n) is 12.5. The van der Waals surface area contributed by atoms with Gasteiger partial charge in [0.05, 0.1) is 16.8 Å². The summed E-state index contributed by atoms with van der Waals surface area (Å²) in [7, 11) is 0. The monoisotopic (exact) mass is 322 g/mol. The molecule has 1 amide bonds. The summed E-state index contributed by atoms with van der Waals surface area (Å²) in [5.74, 6) is -2.09. The Labute approximate surface area is 137 Å². The fourth-order valence-corrected chi connectivity index (χ4v) is 2.61. The molecule has 0 bridgehead atoms. The van der Waals surface area contributed by atoms with Crippen LogP contribution in [-0.4, -0.2) is 22.2 Å². The van der Waals surface area contributed by atoms with Crippen LogP contribution in [0.15, 0.2) is 60.7 Å². The summed E-state index contributed by atoms with van der Waals surface area (Å²) in [5.41, 5.74) is 6.27. The Morgan fingerprint density at radius 2 is 1.50 bits per heavy atom. The molecule has 3 aromatic rings. The van der Waals surface area contributed by atoms with Crippen molar-refractivity contribution in [2.24, 2.45) is 0 Å². The number of carboxylic acids is 1. The van der Waals surface area contributed by atoms with Crippen LogP contribution in [0.25, 0.3) is 10.8 Å². The molecular weight excluding hydrogens is 308 g/mol. The maximum absolute atomic E-state index is 12.6. The molecule has 3 rings (SSSR count). The number of nitrogens with zero attached hydrogens (tertiary/aromatic N) is 1. The molecule has 6 heteroatoms. The number of carboxylic acid groups (broad SMARTS) is 1. The number of aromatic carboxylic acids is 1. The number of hydrogen-bond acceptors (Lipinski definition) is 4. The molecule has 6 nitrogen and oxygen atoms in total. The van der Waals surface area contributed by atoms with Gasteiger partial charge in [-0.2, -0.15) is 5.06 Å². The number of hydroxylamine groups is 1. The van der Waals surface area contributed by atoms with Gasteiger partial charge in [-0.05, 0) is 29.7 Å². The molecule has 120 valence electrons. The van der Waals surface area contributed by atoms with Gasteiger partial charge in [0.15, 0.2) is 0 Å². The quantitative estimate of drug-likeness (QED) is 0.390. The Morgan fingerprint density at radius 3 is 2.17 bits per heavy atom. The van der Waals surface area contributed by atoms with Gasteiger partial charge in [-0.1, -0.05) is 36.4 Å². The zero-order valence-corrected chi connectivity index (χ0v) is 12.5. The van der Waals surface area contributed by atoms with E-state index in [2.05, 4.69) is 0 Å². The SMILES string of the molecule is Nc1cccc2cccc(N(O)C(=O)c3ccccc3C(=O)O)c12. The third kappa shape index (κ3) is 2.55. The number of anilines is 2. The molecule has 0 heterocycles. The van der Waals surface area contributed by atoms with E-state index in [0.29, 0.717) is 16.1 Å². The largest absolute Gasteiger partial charge is 0.478 e. The highest BCUT2D eigenvalue weighted by Gasteiger charge is 2.23. The van der Waals surface area contributed by atoms with Crippen LogP contribution in [0.2, 0.25) is 0 Å². The molecule has 0 saturated carbocycles. The molecule has 3 aromatic carbocycles. The van der Waals surface area contributed by atoms with Gasteiger partial charge in [-0.25, -0.2) is 4.79 Å². The normalized spacial score (nSPS) is 10.5. The van der Waals surface area contributed by atoms with Crippen molar-refractivity contribution in [3.05, 3.63) is 71.8 Å². The molecular formula is C18H14N2O4. The maximum Gasteiger partial charge on any atom is 0.336 e. The summed E-state index contributed by atoms with van der Waals surface area (Å²) in [5, 5.41) is 21.3. The summed E-state index contributed by atoms with van der Waals surface area (Å²) in [6.45, 7) is 0. The van der Waals surface area contributed by atoms with E-state index in [1.165, 1.54) is 24.3 Å². The number of rotatable bonds is 3. The highest BCUT2D eigenvalue weighted by atomic mass is 16.5. The first kappa shape index (κ1) is 15.5. The average Bonchev–Trinajstić information content (AvgIpc) is 2.60. The van der Waals surface area contributed by atoms with Gasteiger partial charge >= 0.3 is 5.97 Å². The highest BCUT2D eigenvalue weighted by molar-refractivity contribution is 6.15. The van der Waals surface area contributed by atoms with Crippen molar-refractivity contribution in [3.8, 4) is 0 Å². The number of carbonyl (C=O) groups excluding carboxylic acids is 1. The molecule has 0 atom stereocenters. The average molecular weight is 322 g/mol. The summed E-state index contributed by atoms with van der Waals surface area (Å²) >= 11 is 0. The van der Waals surface area contributed by atoms with Crippen molar-refractivity contribution in [2.45, 2.75) is 0 Å². The van der Waals surface area contributed by atoms with Crippen LogP contribution in [0.3, 0.4) is 0 Å². The molecule has 0 unspecified atom stereocenters. The number of nitrogen functional groups attached to an aromatic ring is 1. The fraction of sp³-hybridized carbons (Fsp3) is 0. The van der Waals surface area contributed by atoms with Crippen LogP contribution in [0.1, 0.15) is 20.7 Å². The van der Waals surface area contributed by atoms with Crippen molar-refractivity contribution in [1.29, 1.82) is 0 Å². The van der Waals surface area contributed by atoms with Crippen molar-refractivity contribution in [2.75, 3.05) is 10.8 Å². The van der Waals surface area contributed by atoms with Crippen LogP contribution in [-0.2, 0) is 0 Å². The molecule has 0 radical (unpaired) electrons. The van der Waals surface area contributed by atoms with Gasteiger partial charge in [0.2, 0.25) is 0 Å². The van der Waals surface area contributed by atoms with Gasteiger partial charge in [0.1, 0.15) is 0 Å². The van der Waals surface area contributed by atoms with E-state index in [9.17, 15) is 19.9 Å². The van der Waals surface area contributed by atoms with Crippen LogP contribution < -0.4 is 10.8 Å². The topological polar surface area (TPSA) is 104 Å². The minimum atomic E-state index is -1.25. The van der Waals surface area contributed by atoms with E-state index in [1.807, 2.05) is 0 Å². The lowest BCUT2D eigenvalue weighted by Gasteiger charge is -2.19. The fourth-order valence-electron chi connectivity index (χ4n) is 2.61. The van der Waals surface area contributed by atoms with Crippen molar-refractivity contribution in [3.63, 3.8) is 0 Å². The van der Waals surface area contributed by atoms with E-state index in [1.54, 1.807) is 36.4 Å². The van der Waals surface area contributed by atoms with E-state index >= 15 is 0 Å². The number of benzene rings is 3. The van der Waals surface area contributed by atoms with E-state index in [-0.39, 0.29) is 16.8 Å². The zero-order chi connectivity index (χ0) is 17.3. The third-order valence-corrected chi connectivity index (χ3v) is 3.72. The second-order valence-corrected chi connectivity index (χ2v) is 5.19. The van der Waals surface area contributed by atoms with Crippen molar-refractivity contribution in [1.82, 2.24) is 0 Å². The van der Waals surface area contributed by atoms with Crippen LogP contribution >= 0.6 is 0 Å². The summed E-state index contributed by atoms with van der Waals surface area (Å²) in [4.78, 5) is 23.9. The van der Waals surface area contributed by atoms with E-state index in [0.717, 1.165) is 5.39 Å². The minimum Gasteiger partial charge on any atom is -0.478 e. The number of carbonyl (C=O) groups is 2. The molecule has 0 fully saturated rings. The number of amides is 1. The molecule has 24 heavy (non-hydrogen) atoms. The van der Waals surface area contributed by atoms with Crippen molar-refractivity contribution < 1.29 is 19.9 Å². The Bertz CT molecular complexity index is 947. The summed E-state index contributed by atoms with van der Waals surface area (Å²) in [6.07, 6.45) is 0. The van der Waals surface area contributed by atoms with Gasteiger partial charge in [-0.15, -0.1) is 0 Å². The summed E-state index contributed by atoms with van der Waals surface area (Å²) < 4.78 is 0. The number of hydrogen-bond donors (Lipinski definition) is 3. The smallest absolute Gasteiger partial charge is 0.336 e. The third-order valence-electron chi connectivity index (χ3n) is 3.72. The molecule has 0 saturated heterocycles. The van der Waals surface area contributed by atoms with Gasteiger partial charge in [0, 0.05) is 11.1 Å². The molecule has 0 aliphatic carbocycles. The second kappa shape index (κ2) is 6.02. The minimum absolute atomic E-state index is 0.112. The lowest BCUT2D eigenvalue weighted by atomic mass is 10.0. The lowest BCUT2D eigenvalue weighted by Crippen LogP contribution is -2.29. The Balaban J connectivity index is 2.12. The molecule has 0 aliphatic rings. The molecule has 0 aliphatic heterocycles. The lowest BCUT2D eigenvalue weighted by molar-refractivity contribution is 0.0688. The Kier molecular flexibility index (Phi) is 3.89. The second-order valence-electron chi connectivity index (χ2n) is 5.19. The van der Waals surface area contributed by atoms with E-state index < -0.39 is 11.9 Å². The molecule has 0 aromatic heterocycles. The predicted octanol–water partition coefficient (Wildman–Crippen LogP) is 3.16. The van der Waals surface area contributed by atoms with Crippen molar-refractivity contribution >= 4 is 34.0 Å². The van der Waals surface area contributed by atoms with Gasteiger partial charge < -0.3 is 10.8 Å². The maximum atomic E-state index is 12.6. The molecule has 0 spiro atoms. The Morgan fingerprint density at radius 1 is 0.875 bits per heavy atom. The van der Waals surface area contributed by atoms with Gasteiger partial charge in [0.25, 0.3) is 5.91 Å². The van der Waals surface area contributed by atoms with E-state index in [4.69, 9.17) is 5.73 Å². The van der Waals surface area contributed by atoms with Gasteiger partial charge in [-0.3, -0.25) is 10.0 Å². The first-order chi connectivity index (χ1) is 11.5.